The smallest absolute Gasteiger partial charge is 0.411 e. The van der Waals surface area contributed by atoms with Crippen molar-refractivity contribution in [3.8, 4) is 11.4 Å². The average molecular weight is 436 g/mol. The van der Waals surface area contributed by atoms with Crippen LogP contribution in [-0.4, -0.2) is 46.5 Å². The highest BCUT2D eigenvalue weighted by atomic mass is 19.4. The van der Waals surface area contributed by atoms with Crippen molar-refractivity contribution in [2.75, 3.05) is 31.4 Å². The first-order valence-corrected chi connectivity index (χ1v) is 9.36. The van der Waals surface area contributed by atoms with Crippen LogP contribution in [0.4, 0.5) is 30.6 Å². The number of alkyl halides is 3. The Morgan fingerprint density at radius 1 is 1.16 bits per heavy atom. The minimum absolute atomic E-state index is 0.217. The van der Waals surface area contributed by atoms with E-state index in [0.29, 0.717) is 28.5 Å². The summed E-state index contributed by atoms with van der Waals surface area (Å²) in [7, 11) is 3.23. The lowest BCUT2D eigenvalue weighted by Gasteiger charge is -2.15. The molecule has 0 spiro atoms. The number of methoxy groups -OCH3 is 1. The van der Waals surface area contributed by atoms with Crippen molar-refractivity contribution in [3.05, 3.63) is 47.7 Å². The summed E-state index contributed by atoms with van der Waals surface area (Å²) in [5.41, 5.74) is 3.28. The molecule has 3 aromatic rings. The van der Waals surface area contributed by atoms with Crippen molar-refractivity contribution in [1.29, 1.82) is 0 Å². The minimum Gasteiger partial charge on any atom is -0.494 e. The van der Waals surface area contributed by atoms with Gasteiger partial charge in [-0.3, -0.25) is 0 Å². The van der Waals surface area contributed by atoms with Gasteiger partial charge in [-0.1, -0.05) is 0 Å². The maximum absolute atomic E-state index is 12.4. The summed E-state index contributed by atoms with van der Waals surface area (Å²) in [5, 5.41) is 5.99. The fourth-order valence-corrected chi connectivity index (χ4v) is 2.92. The van der Waals surface area contributed by atoms with Crippen molar-refractivity contribution in [1.82, 2.24) is 19.5 Å². The zero-order valence-corrected chi connectivity index (χ0v) is 17.5. The molecule has 0 radical (unpaired) electrons. The quantitative estimate of drug-likeness (QED) is 0.549. The molecule has 1 aromatic carbocycles. The van der Waals surface area contributed by atoms with E-state index in [4.69, 9.17) is 9.47 Å². The van der Waals surface area contributed by atoms with Crippen LogP contribution in [0.15, 0.2) is 30.7 Å². The molecule has 0 amide bonds. The maximum Gasteiger partial charge on any atom is 0.411 e. The SMILES string of the molecule is CNc1nc(Nc2ccc(-n3cnc(C)c3)c(OC)c2)nc(COCC(F)(F)F)c1C. The Morgan fingerprint density at radius 2 is 1.94 bits per heavy atom. The number of anilines is 3. The van der Waals surface area contributed by atoms with E-state index in [2.05, 4.69) is 25.6 Å². The second-order valence-electron chi connectivity index (χ2n) is 6.76. The van der Waals surface area contributed by atoms with Gasteiger partial charge in [0.25, 0.3) is 0 Å². The molecule has 0 saturated heterocycles. The molecule has 0 bridgehead atoms. The summed E-state index contributed by atoms with van der Waals surface area (Å²) >= 11 is 0. The number of benzene rings is 1. The molecule has 2 N–H and O–H groups in total. The first-order chi connectivity index (χ1) is 14.7. The van der Waals surface area contributed by atoms with Gasteiger partial charge in [-0.15, -0.1) is 0 Å². The van der Waals surface area contributed by atoms with Gasteiger partial charge in [-0.05, 0) is 26.0 Å². The number of hydrogen-bond donors (Lipinski definition) is 2. The van der Waals surface area contributed by atoms with E-state index in [1.807, 2.05) is 29.8 Å². The third-order valence-electron chi connectivity index (χ3n) is 4.41. The van der Waals surface area contributed by atoms with Gasteiger partial charge in [0.15, 0.2) is 0 Å². The molecular weight excluding hydrogens is 413 g/mol. The normalized spacial score (nSPS) is 11.5. The molecule has 0 atom stereocenters. The van der Waals surface area contributed by atoms with Gasteiger partial charge < -0.3 is 24.7 Å². The van der Waals surface area contributed by atoms with Crippen molar-refractivity contribution < 1.29 is 22.6 Å². The zero-order valence-electron chi connectivity index (χ0n) is 17.5. The Hall–Kier alpha value is -3.34. The molecule has 0 fully saturated rings. The second kappa shape index (κ2) is 9.21. The van der Waals surface area contributed by atoms with Crippen molar-refractivity contribution in [3.63, 3.8) is 0 Å². The van der Waals surface area contributed by atoms with Gasteiger partial charge in [-0.25, -0.2) is 9.97 Å². The van der Waals surface area contributed by atoms with Crippen LogP contribution in [0.1, 0.15) is 17.0 Å². The first-order valence-electron chi connectivity index (χ1n) is 9.36. The van der Waals surface area contributed by atoms with Crippen LogP contribution < -0.4 is 15.4 Å². The van der Waals surface area contributed by atoms with Gasteiger partial charge in [0.1, 0.15) is 18.2 Å². The Morgan fingerprint density at radius 3 is 2.55 bits per heavy atom. The molecule has 8 nitrogen and oxygen atoms in total. The number of aryl methyl sites for hydroxylation is 1. The van der Waals surface area contributed by atoms with Crippen LogP contribution in [0.3, 0.4) is 0 Å². The van der Waals surface area contributed by atoms with E-state index in [0.717, 1.165) is 11.4 Å². The second-order valence-corrected chi connectivity index (χ2v) is 6.76. The lowest BCUT2D eigenvalue weighted by molar-refractivity contribution is -0.176. The number of imidazole rings is 1. The van der Waals surface area contributed by atoms with Crippen LogP contribution in [0.25, 0.3) is 5.69 Å². The number of hydrogen-bond acceptors (Lipinski definition) is 7. The van der Waals surface area contributed by atoms with Gasteiger partial charge in [0.2, 0.25) is 5.95 Å². The highest BCUT2D eigenvalue weighted by Crippen LogP contribution is 2.29. The number of rotatable bonds is 8. The Balaban J connectivity index is 1.85. The predicted molar refractivity (Wildman–Crippen MR) is 110 cm³/mol. The van der Waals surface area contributed by atoms with Gasteiger partial charge in [0, 0.05) is 30.6 Å². The van der Waals surface area contributed by atoms with E-state index in [1.165, 1.54) is 0 Å². The third kappa shape index (κ3) is 5.63. The molecule has 0 saturated carbocycles. The van der Waals surface area contributed by atoms with E-state index in [1.54, 1.807) is 33.5 Å². The third-order valence-corrected chi connectivity index (χ3v) is 4.41. The molecule has 0 aliphatic heterocycles. The summed E-state index contributed by atoms with van der Waals surface area (Å²) in [4.78, 5) is 12.9. The molecule has 0 aliphatic carbocycles. The fourth-order valence-electron chi connectivity index (χ4n) is 2.92. The highest BCUT2D eigenvalue weighted by molar-refractivity contribution is 5.63. The van der Waals surface area contributed by atoms with E-state index in [-0.39, 0.29) is 12.6 Å². The number of aromatic nitrogens is 4. The Kier molecular flexibility index (Phi) is 6.64. The maximum atomic E-state index is 12.4. The molecule has 3 rings (SSSR count). The lowest BCUT2D eigenvalue weighted by atomic mass is 10.2. The van der Waals surface area contributed by atoms with Crippen LogP contribution in [0.5, 0.6) is 5.75 Å². The largest absolute Gasteiger partial charge is 0.494 e. The summed E-state index contributed by atoms with van der Waals surface area (Å²) < 4.78 is 49.3. The molecular formula is C20H23F3N6O2. The molecule has 2 aromatic heterocycles. The monoisotopic (exact) mass is 436 g/mol. The molecule has 2 heterocycles. The molecule has 11 heteroatoms. The van der Waals surface area contributed by atoms with Crippen LogP contribution >= 0.6 is 0 Å². The molecule has 0 aliphatic rings. The van der Waals surface area contributed by atoms with Crippen molar-refractivity contribution in [2.45, 2.75) is 26.6 Å². The lowest BCUT2D eigenvalue weighted by Crippen LogP contribution is -2.17. The van der Waals surface area contributed by atoms with Crippen LogP contribution in [0, 0.1) is 13.8 Å². The summed E-state index contributed by atoms with van der Waals surface area (Å²) in [5.74, 6) is 1.30. The van der Waals surface area contributed by atoms with Crippen molar-refractivity contribution >= 4 is 17.5 Å². The molecule has 0 unspecified atom stereocenters. The number of nitrogens with zero attached hydrogens (tertiary/aromatic N) is 4. The number of nitrogens with one attached hydrogen (secondary N) is 2. The zero-order chi connectivity index (χ0) is 22.6. The van der Waals surface area contributed by atoms with Crippen LogP contribution in [0.2, 0.25) is 0 Å². The van der Waals surface area contributed by atoms with Gasteiger partial charge >= 0.3 is 6.18 Å². The predicted octanol–water partition coefficient (Wildman–Crippen LogP) is 4.15. The summed E-state index contributed by atoms with van der Waals surface area (Å²) in [6.07, 6.45) is -0.837. The minimum atomic E-state index is -4.40. The van der Waals surface area contributed by atoms with Gasteiger partial charge in [0.05, 0.1) is 37.1 Å². The van der Waals surface area contributed by atoms with Crippen LogP contribution in [-0.2, 0) is 11.3 Å². The summed E-state index contributed by atoms with van der Waals surface area (Å²) in [6.45, 7) is 1.97. The highest BCUT2D eigenvalue weighted by Gasteiger charge is 2.27. The average Bonchev–Trinajstić information content (AvgIpc) is 3.15. The molecule has 31 heavy (non-hydrogen) atoms. The Bertz CT molecular complexity index is 1050. The van der Waals surface area contributed by atoms with E-state index in [9.17, 15) is 13.2 Å². The van der Waals surface area contributed by atoms with E-state index < -0.39 is 12.8 Å². The van der Waals surface area contributed by atoms with Crippen molar-refractivity contribution in [2.24, 2.45) is 0 Å². The number of halogens is 3. The standard InChI is InChI=1S/C20H23F3N6O2/c1-12-8-29(11-25-12)16-6-5-14(7-17(16)30-4)26-19-27-15(9-31-10-20(21,22)23)13(2)18(24-3)28-19/h5-8,11H,9-10H2,1-4H3,(H2,24,26,27,28). The Labute approximate surface area is 177 Å². The first kappa shape index (κ1) is 22.3. The molecule has 166 valence electrons. The van der Waals surface area contributed by atoms with E-state index >= 15 is 0 Å². The van der Waals surface area contributed by atoms with Gasteiger partial charge in [-0.2, -0.15) is 18.2 Å². The number of ether oxygens (including phenoxy) is 2. The fraction of sp³-hybridized carbons (Fsp3) is 0.350. The summed E-state index contributed by atoms with van der Waals surface area (Å²) in [6, 6.07) is 5.44. The topological polar surface area (TPSA) is 86.1 Å².